The van der Waals surface area contributed by atoms with Gasteiger partial charge >= 0.3 is 0 Å². The maximum Gasteiger partial charge on any atom is 0.277 e. The molecule has 1 amide bonds. The van der Waals surface area contributed by atoms with Gasteiger partial charge in [-0.2, -0.15) is 17.9 Å². The van der Waals surface area contributed by atoms with Gasteiger partial charge in [0.15, 0.2) is 0 Å². The zero-order valence-corrected chi connectivity index (χ0v) is 20.7. The fraction of sp³-hybridized carbons (Fsp3) is 0.480. The molecule has 0 atom stereocenters. The molecule has 7 nitrogen and oxygen atoms in total. The Bertz CT molecular complexity index is 1040. The van der Waals surface area contributed by atoms with E-state index in [1.165, 1.54) is 0 Å². The average Bonchev–Trinajstić information content (AvgIpc) is 2.77. The zero-order chi connectivity index (χ0) is 24.1. The SMILES string of the molecule is COc1ccccc1C(=O)NC[C@]1(c2ccccc2)CC[C@@H](NS(=O)(=O)NC(C)(C)C)CC1. The van der Waals surface area contributed by atoms with E-state index in [-0.39, 0.29) is 17.4 Å². The highest BCUT2D eigenvalue weighted by Gasteiger charge is 2.38. The predicted octanol–water partition coefficient (Wildman–Crippen LogP) is 3.53. The predicted molar refractivity (Wildman–Crippen MR) is 131 cm³/mol. The summed E-state index contributed by atoms with van der Waals surface area (Å²) in [5.74, 6) is 0.355. The van der Waals surface area contributed by atoms with Gasteiger partial charge in [-0.05, 0) is 64.2 Å². The molecule has 0 radical (unpaired) electrons. The van der Waals surface area contributed by atoms with Crippen LogP contribution in [0, 0.1) is 0 Å². The third-order valence-corrected chi connectivity index (χ3v) is 7.55. The molecule has 0 unspecified atom stereocenters. The second-order valence-corrected chi connectivity index (χ2v) is 11.2. The molecule has 8 heteroatoms. The van der Waals surface area contributed by atoms with E-state index in [1.54, 1.807) is 19.2 Å². The zero-order valence-electron chi connectivity index (χ0n) is 19.9. The van der Waals surface area contributed by atoms with E-state index >= 15 is 0 Å². The number of ether oxygens (including phenoxy) is 1. The molecule has 33 heavy (non-hydrogen) atoms. The maximum atomic E-state index is 12.9. The summed E-state index contributed by atoms with van der Waals surface area (Å²) in [6, 6.07) is 17.2. The summed E-state index contributed by atoms with van der Waals surface area (Å²) >= 11 is 0. The fourth-order valence-electron chi connectivity index (χ4n) is 4.48. The lowest BCUT2D eigenvalue weighted by atomic mass is 9.68. The van der Waals surface area contributed by atoms with Crippen molar-refractivity contribution in [3.63, 3.8) is 0 Å². The van der Waals surface area contributed by atoms with Crippen molar-refractivity contribution < 1.29 is 17.9 Å². The first kappa shape index (κ1) is 25.2. The minimum atomic E-state index is -3.59. The fourth-order valence-corrected chi connectivity index (χ4v) is 6.02. The number of carbonyl (C=O) groups is 1. The molecule has 3 rings (SSSR count). The van der Waals surface area contributed by atoms with Crippen molar-refractivity contribution in [1.82, 2.24) is 14.8 Å². The van der Waals surface area contributed by atoms with E-state index in [4.69, 9.17) is 4.74 Å². The van der Waals surface area contributed by atoms with Crippen molar-refractivity contribution in [2.45, 2.75) is 63.5 Å². The molecule has 0 aromatic heterocycles. The van der Waals surface area contributed by atoms with E-state index < -0.39 is 15.7 Å². The number of carbonyl (C=O) groups excluding carboxylic acids is 1. The van der Waals surface area contributed by atoms with Crippen molar-refractivity contribution in [1.29, 1.82) is 0 Å². The number of amides is 1. The summed E-state index contributed by atoms with van der Waals surface area (Å²) in [5.41, 5.74) is 0.840. The molecule has 0 aliphatic heterocycles. The second kappa shape index (κ2) is 10.2. The van der Waals surface area contributed by atoms with E-state index in [9.17, 15) is 13.2 Å². The van der Waals surface area contributed by atoms with Crippen LogP contribution in [0.15, 0.2) is 54.6 Å². The lowest BCUT2D eigenvalue weighted by Crippen LogP contribution is -2.52. The lowest BCUT2D eigenvalue weighted by Gasteiger charge is -2.41. The molecule has 0 bridgehead atoms. The maximum absolute atomic E-state index is 12.9. The highest BCUT2D eigenvalue weighted by molar-refractivity contribution is 7.87. The second-order valence-electron chi connectivity index (χ2n) is 9.78. The normalized spacial score (nSPS) is 21.4. The molecular weight excluding hydrogens is 438 g/mol. The minimum absolute atomic E-state index is 0.147. The van der Waals surface area contributed by atoms with Gasteiger partial charge in [0.1, 0.15) is 5.75 Å². The van der Waals surface area contributed by atoms with Crippen LogP contribution in [0.25, 0.3) is 0 Å². The molecule has 2 aromatic carbocycles. The summed E-state index contributed by atoms with van der Waals surface area (Å²) in [4.78, 5) is 12.9. The number of para-hydroxylation sites is 1. The van der Waals surface area contributed by atoms with E-state index in [2.05, 4.69) is 26.9 Å². The Morgan fingerprint density at radius 1 is 1.03 bits per heavy atom. The topological polar surface area (TPSA) is 96.5 Å². The Kier molecular flexibility index (Phi) is 7.82. The highest BCUT2D eigenvalue weighted by atomic mass is 32.2. The van der Waals surface area contributed by atoms with Crippen LogP contribution < -0.4 is 19.5 Å². The van der Waals surface area contributed by atoms with Crippen LogP contribution in [0.4, 0.5) is 0 Å². The summed E-state index contributed by atoms with van der Waals surface area (Å²) in [6.45, 7) is 5.92. The number of hydrogen-bond acceptors (Lipinski definition) is 4. The molecule has 1 aliphatic carbocycles. The van der Waals surface area contributed by atoms with Gasteiger partial charge in [0.2, 0.25) is 0 Å². The molecule has 2 aromatic rings. The van der Waals surface area contributed by atoms with Crippen LogP contribution >= 0.6 is 0 Å². The van der Waals surface area contributed by atoms with Crippen LogP contribution in [-0.2, 0) is 15.6 Å². The van der Waals surface area contributed by atoms with Gasteiger partial charge in [-0.1, -0.05) is 42.5 Å². The van der Waals surface area contributed by atoms with E-state index in [0.717, 1.165) is 18.4 Å². The number of nitrogens with one attached hydrogen (secondary N) is 3. The quantitative estimate of drug-likeness (QED) is 0.546. The molecule has 1 fully saturated rings. The van der Waals surface area contributed by atoms with E-state index in [0.29, 0.717) is 30.7 Å². The van der Waals surface area contributed by atoms with Crippen molar-refractivity contribution in [3.05, 3.63) is 65.7 Å². The van der Waals surface area contributed by atoms with Crippen LogP contribution in [0.2, 0.25) is 0 Å². The highest BCUT2D eigenvalue weighted by Crippen LogP contribution is 2.39. The molecule has 1 aliphatic rings. The van der Waals surface area contributed by atoms with Gasteiger partial charge in [-0.25, -0.2) is 0 Å². The van der Waals surface area contributed by atoms with Crippen molar-refractivity contribution in [2.75, 3.05) is 13.7 Å². The molecular formula is C25H35N3O4S. The summed E-state index contributed by atoms with van der Waals surface area (Å²) in [5, 5.41) is 3.11. The molecule has 0 spiro atoms. The Morgan fingerprint density at radius 2 is 1.64 bits per heavy atom. The van der Waals surface area contributed by atoms with Crippen molar-refractivity contribution >= 4 is 16.1 Å². The standard InChI is InChI=1S/C25H35N3O4S/c1-24(2,3)28-33(30,31)27-20-14-16-25(17-15-20,19-10-6-5-7-11-19)18-26-23(29)21-12-8-9-13-22(21)32-4/h5-13,20,27-28H,14-18H2,1-4H3,(H,26,29)/t20-,25+. The number of rotatable bonds is 8. The van der Waals surface area contributed by atoms with Gasteiger partial charge in [-0.15, -0.1) is 0 Å². The van der Waals surface area contributed by atoms with Gasteiger partial charge in [0, 0.05) is 23.5 Å². The van der Waals surface area contributed by atoms with Crippen LogP contribution in [-0.4, -0.2) is 39.6 Å². The molecule has 0 heterocycles. The summed E-state index contributed by atoms with van der Waals surface area (Å²) in [6.07, 6.45) is 2.88. The first-order valence-electron chi connectivity index (χ1n) is 11.3. The first-order chi connectivity index (χ1) is 15.5. The smallest absolute Gasteiger partial charge is 0.277 e. The Balaban J connectivity index is 1.73. The van der Waals surface area contributed by atoms with Gasteiger partial charge in [0.05, 0.1) is 12.7 Å². The van der Waals surface area contributed by atoms with Crippen molar-refractivity contribution in [3.8, 4) is 5.75 Å². The van der Waals surface area contributed by atoms with Gasteiger partial charge in [-0.3, -0.25) is 4.79 Å². The molecule has 180 valence electrons. The Morgan fingerprint density at radius 3 is 2.24 bits per heavy atom. The molecule has 3 N–H and O–H groups in total. The average molecular weight is 474 g/mol. The minimum Gasteiger partial charge on any atom is -0.496 e. The van der Waals surface area contributed by atoms with Gasteiger partial charge < -0.3 is 10.1 Å². The third-order valence-electron chi connectivity index (χ3n) is 6.03. The Hall–Kier alpha value is -2.42. The van der Waals surface area contributed by atoms with E-state index in [1.807, 2.05) is 51.1 Å². The summed E-state index contributed by atoms with van der Waals surface area (Å²) < 4.78 is 35.8. The monoisotopic (exact) mass is 473 g/mol. The Labute approximate surface area is 197 Å². The number of benzene rings is 2. The van der Waals surface area contributed by atoms with Crippen molar-refractivity contribution in [2.24, 2.45) is 0 Å². The number of hydrogen-bond donors (Lipinski definition) is 3. The first-order valence-corrected chi connectivity index (χ1v) is 12.8. The van der Waals surface area contributed by atoms with Gasteiger partial charge in [0.25, 0.3) is 16.1 Å². The third kappa shape index (κ3) is 6.79. The van der Waals surface area contributed by atoms with Crippen LogP contribution in [0.5, 0.6) is 5.75 Å². The molecule has 0 saturated heterocycles. The number of methoxy groups -OCH3 is 1. The largest absolute Gasteiger partial charge is 0.496 e. The van der Waals surface area contributed by atoms with Crippen LogP contribution in [0.3, 0.4) is 0 Å². The lowest BCUT2D eigenvalue weighted by molar-refractivity contribution is 0.0932. The van der Waals surface area contributed by atoms with Crippen LogP contribution in [0.1, 0.15) is 62.4 Å². The molecule has 1 saturated carbocycles. The summed E-state index contributed by atoms with van der Waals surface area (Å²) in [7, 11) is -2.04.